The number of hydrogen-bond acceptors (Lipinski definition) is 6. The largest absolute Gasteiger partial charge is 0.545 e. The van der Waals surface area contributed by atoms with E-state index in [2.05, 4.69) is 20.7 Å². The minimum Gasteiger partial charge on any atom is -0.545 e. The van der Waals surface area contributed by atoms with Gasteiger partial charge >= 0.3 is 0 Å². The number of nitrogens with zero attached hydrogens (tertiary/aromatic N) is 2. The molecule has 0 aliphatic rings. The number of ether oxygens (including phenoxy) is 1. The van der Waals surface area contributed by atoms with Crippen LogP contribution >= 0.6 is 0 Å². The van der Waals surface area contributed by atoms with Crippen molar-refractivity contribution in [2.75, 3.05) is 7.11 Å². The van der Waals surface area contributed by atoms with Crippen LogP contribution in [0.3, 0.4) is 0 Å². The molecule has 0 radical (unpaired) electrons. The summed E-state index contributed by atoms with van der Waals surface area (Å²) in [6.07, 6.45) is 1.40. The molecule has 0 aliphatic heterocycles. The number of carbonyl (C=O) groups excluding carboxylic acids is 2. The summed E-state index contributed by atoms with van der Waals surface area (Å²) >= 11 is 0. The predicted octanol–water partition coefficient (Wildman–Crippen LogP) is 1.21. The Labute approximate surface area is 154 Å². The van der Waals surface area contributed by atoms with Gasteiger partial charge in [-0.1, -0.05) is 24.3 Å². The number of aromatic carboxylic acids is 1. The number of carbonyl (C=O) groups is 2. The van der Waals surface area contributed by atoms with E-state index in [1.54, 1.807) is 37.4 Å². The van der Waals surface area contributed by atoms with Crippen LogP contribution in [0.25, 0.3) is 11.3 Å². The normalized spacial score (nSPS) is 10.7. The van der Waals surface area contributed by atoms with E-state index in [0.717, 1.165) is 11.3 Å². The van der Waals surface area contributed by atoms with Crippen LogP contribution in [0.15, 0.2) is 59.7 Å². The number of rotatable bonds is 6. The molecule has 0 aliphatic carbocycles. The highest BCUT2D eigenvalue weighted by atomic mass is 16.5. The number of methoxy groups -OCH3 is 1. The van der Waals surface area contributed by atoms with Gasteiger partial charge in [-0.2, -0.15) is 10.2 Å². The van der Waals surface area contributed by atoms with Gasteiger partial charge in [0.15, 0.2) is 0 Å². The van der Waals surface area contributed by atoms with E-state index in [1.807, 2.05) is 12.1 Å². The minimum atomic E-state index is -1.25. The lowest BCUT2D eigenvalue weighted by Crippen LogP contribution is -2.22. The number of carboxylic acid groups (broad SMARTS) is 1. The Kier molecular flexibility index (Phi) is 5.27. The summed E-state index contributed by atoms with van der Waals surface area (Å²) in [5, 5.41) is 21.3. The predicted molar refractivity (Wildman–Crippen MR) is 96.4 cm³/mol. The van der Waals surface area contributed by atoms with Crippen molar-refractivity contribution >= 4 is 18.1 Å². The zero-order valence-electron chi connectivity index (χ0n) is 14.3. The summed E-state index contributed by atoms with van der Waals surface area (Å²) in [5.74, 6) is -0.974. The molecule has 0 atom stereocenters. The number of hydrogen-bond donors (Lipinski definition) is 2. The average Bonchev–Trinajstić information content (AvgIpc) is 3.19. The number of benzene rings is 2. The maximum absolute atomic E-state index is 12.1. The molecule has 1 aromatic heterocycles. The van der Waals surface area contributed by atoms with Crippen molar-refractivity contribution in [3.05, 3.63) is 71.4 Å². The Balaban J connectivity index is 1.62. The van der Waals surface area contributed by atoms with Crippen LogP contribution in [0.1, 0.15) is 26.4 Å². The molecule has 0 unspecified atom stereocenters. The van der Waals surface area contributed by atoms with Crippen molar-refractivity contribution in [3.8, 4) is 17.0 Å². The van der Waals surface area contributed by atoms with Gasteiger partial charge in [0, 0.05) is 5.56 Å². The molecule has 1 heterocycles. The van der Waals surface area contributed by atoms with Gasteiger partial charge in [0.05, 0.1) is 25.0 Å². The van der Waals surface area contributed by atoms with Gasteiger partial charge in [-0.3, -0.25) is 9.89 Å². The molecule has 136 valence electrons. The number of aromatic amines is 1. The Hall–Kier alpha value is -3.94. The highest BCUT2D eigenvalue weighted by Gasteiger charge is 2.10. The molecule has 1 amide bonds. The SMILES string of the molecule is COc1ccc(-c2cc(C(=O)N/N=C\c3ccc(C(=O)[O-])cc3)[nH]n2)cc1. The lowest BCUT2D eigenvalue weighted by atomic mass is 10.1. The van der Waals surface area contributed by atoms with E-state index < -0.39 is 11.9 Å². The highest BCUT2D eigenvalue weighted by molar-refractivity contribution is 5.94. The van der Waals surface area contributed by atoms with Crippen molar-refractivity contribution in [1.29, 1.82) is 0 Å². The quantitative estimate of drug-likeness (QED) is 0.504. The van der Waals surface area contributed by atoms with E-state index >= 15 is 0 Å². The zero-order chi connectivity index (χ0) is 19.2. The van der Waals surface area contributed by atoms with Crippen LogP contribution in [0.4, 0.5) is 0 Å². The number of amides is 1. The molecule has 0 saturated heterocycles. The Morgan fingerprint density at radius 2 is 1.85 bits per heavy atom. The summed E-state index contributed by atoms with van der Waals surface area (Å²) in [6.45, 7) is 0. The van der Waals surface area contributed by atoms with Crippen molar-refractivity contribution in [1.82, 2.24) is 15.6 Å². The molecule has 0 fully saturated rings. The highest BCUT2D eigenvalue weighted by Crippen LogP contribution is 2.21. The smallest absolute Gasteiger partial charge is 0.289 e. The van der Waals surface area contributed by atoms with Crippen LogP contribution in [0, 0.1) is 0 Å². The van der Waals surface area contributed by atoms with Crippen molar-refractivity contribution in [2.45, 2.75) is 0 Å². The minimum absolute atomic E-state index is 0.0692. The molecular weight excluding hydrogens is 348 g/mol. The average molecular weight is 363 g/mol. The summed E-state index contributed by atoms with van der Waals surface area (Å²) in [7, 11) is 1.59. The summed E-state index contributed by atoms with van der Waals surface area (Å²) < 4.78 is 5.11. The third-order valence-electron chi connectivity index (χ3n) is 3.73. The first kappa shape index (κ1) is 17.9. The van der Waals surface area contributed by atoms with Crippen LogP contribution in [-0.4, -0.2) is 35.4 Å². The van der Waals surface area contributed by atoms with Crippen LogP contribution in [0.5, 0.6) is 5.75 Å². The number of H-pyrrole nitrogens is 1. The third-order valence-corrected chi connectivity index (χ3v) is 3.73. The first-order chi connectivity index (χ1) is 13.1. The first-order valence-corrected chi connectivity index (χ1v) is 7.91. The van der Waals surface area contributed by atoms with Gasteiger partial charge in [0.2, 0.25) is 0 Å². The summed E-state index contributed by atoms with van der Waals surface area (Å²) in [6, 6.07) is 14.8. The molecule has 0 spiro atoms. The van der Waals surface area contributed by atoms with E-state index in [-0.39, 0.29) is 11.3 Å². The van der Waals surface area contributed by atoms with E-state index in [0.29, 0.717) is 11.3 Å². The number of carboxylic acids is 1. The Morgan fingerprint density at radius 1 is 1.15 bits per heavy atom. The Morgan fingerprint density at radius 3 is 2.48 bits per heavy atom. The van der Waals surface area contributed by atoms with Gasteiger partial charge in [0.1, 0.15) is 11.4 Å². The lowest BCUT2D eigenvalue weighted by molar-refractivity contribution is -0.255. The topological polar surface area (TPSA) is 119 Å². The van der Waals surface area contributed by atoms with E-state index in [1.165, 1.54) is 18.3 Å². The maximum atomic E-state index is 12.1. The van der Waals surface area contributed by atoms with Crippen molar-refractivity contribution in [3.63, 3.8) is 0 Å². The standard InChI is InChI=1S/C19H16N4O4/c1-27-15-8-6-13(7-9-15)16-10-17(22-21-16)18(24)23-20-11-12-2-4-14(5-3-12)19(25)26/h2-11H,1H3,(H,21,22)(H,23,24)(H,25,26)/p-1/b20-11-. The molecule has 0 saturated carbocycles. The number of aromatic nitrogens is 2. The second-order valence-corrected chi connectivity index (χ2v) is 5.50. The summed E-state index contributed by atoms with van der Waals surface area (Å²) in [5.41, 5.74) is 4.78. The van der Waals surface area contributed by atoms with Crippen LogP contribution in [0.2, 0.25) is 0 Å². The summed E-state index contributed by atoms with van der Waals surface area (Å²) in [4.78, 5) is 22.8. The second kappa shape index (κ2) is 7.96. The first-order valence-electron chi connectivity index (χ1n) is 7.91. The number of nitrogens with one attached hydrogen (secondary N) is 2. The van der Waals surface area contributed by atoms with E-state index in [9.17, 15) is 14.7 Å². The fraction of sp³-hybridized carbons (Fsp3) is 0.0526. The monoisotopic (exact) mass is 363 g/mol. The molecule has 3 rings (SSSR count). The lowest BCUT2D eigenvalue weighted by Gasteiger charge is -2.01. The zero-order valence-corrected chi connectivity index (χ0v) is 14.3. The maximum Gasteiger partial charge on any atom is 0.289 e. The van der Waals surface area contributed by atoms with Crippen molar-refractivity contribution < 1.29 is 19.4 Å². The van der Waals surface area contributed by atoms with E-state index in [4.69, 9.17) is 4.74 Å². The van der Waals surface area contributed by atoms with Crippen LogP contribution in [-0.2, 0) is 0 Å². The third kappa shape index (κ3) is 4.37. The van der Waals surface area contributed by atoms with Crippen LogP contribution < -0.4 is 15.3 Å². The fourth-order valence-corrected chi connectivity index (χ4v) is 2.28. The molecule has 0 bridgehead atoms. The van der Waals surface area contributed by atoms with Gasteiger partial charge in [-0.05, 0) is 41.5 Å². The molecular formula is C19H15N4O4-. The Bertz CT molecular complexity index is 976. The molecule has 27 heavy (non-hydrogen) atoms. The molecule has 3 aromatic rings. The molecule has 2 N–H and O–H groups in total. The van der Waals surface area contributed by atoms with Crippen molar-refractivity contribution in [2.24, 2.45) is 5.10 Å². The molecule has 2 aromatic carbocycles. The second-order valence-electron chi connectivity index (χ2n) is 5.50. The van der Waals surface area contributed by atoms with Gasteiger partial charge in [-0.25, -0.2) is 5.43 Å². The van der Waals surface area contributed by atoms with Gasteiger partial charge in [-0.15, -0.1) is 0 Å². The molecule has 8 nitrogen and oxygen atoms in total. The van der Waals surface area contributed by atoms with Gasteiger partial charge < -0.3 is 14.6 Å². The van der Waals surface area contributed by atoms with Gasteiger partial charge in [0.25, 0.3) is 5.91 Å². The number of hydrazone groups is 1. The molecule has 8 heteroatoms. The fourth-order valence-electron chi connectivity index (χ4n) is 2.28.